The molecule has 0 saturated heterocycles. The summed E-state index contributed by atoms with van der Waals surface area (Å²) in [4.78, 5) is 1.27. The molecular weight excluding hydrogens is 320 g/mol. The Balaban J connectivity index is 2.17. The van der Waals surface area contributed by atoms with E-state index in [1.807, 2.05) is 12.1 Å². The number of benzene rings is 2. The molecule has 0 aliphatic rings. The van der Waals surface area contributed by atoms with Crippen LogP contribution >= 0.6 is 11.8 Å². The predicted molar refractivity (Wildman–Crippen MR) is 102 cm³/mol. The molecule has 4 heteroatoms. The SMILES string of the molecule is COCCc1cc(/C=C/c2ccc(SC)cc2)cc(OCOC)c1. The van der Waals surface area contributed by atoms with E-state index in [1.165, 1.54) is 16.0 Å². The molecule has 0 aliphatic heterocycles. The number of thioether (sulfide) groups is 1. The van der Waals surface area contributed by atoms with Crippen molar-refractivity contribution in [2.45, 2.75) is 11.3 Å². The van der Waals surface area contributed by atoms with Crippen LogP contribution in [0.2, 0.25) is 0 Å². The first-order valence-electron chi connectivity index (χ1n) is 7.82. The lowest BCUT2D eigenvalue weighted by atomic mass is 10.1. The van der Waals surface area contributed by atoms with Crippen LogP contribution in [-0.2, 0) is 15.9 Å². The van der Waals surface area contributed by atoms with Gasteiger partial charge >= 0.3 is 0 Å². The highest BCUT2D eigenvalue weighted by Crippen LogP contribution is 2.21. The molecule has 0 aromatic heterocycles. The minimum Gasteiger partial charge on any atom is -0.468 e. The van der Waals surface area contributed by atoms with Crippen molar-refractivity contribution in [2.75, 3.05) is 33.9 Å². The molecule has 0 N–H and O–H groups in total. The minimum absolute atomic E-state index is 0.243. The van der Waals surface area contributed by atoms with Gasteiger partial charge in [0.2, 0.25) is 0 Å². The second-order valence-corrected chi connectivity index (χ2v) is 6.19. The predicted octanol–water partition coefficient (Wildman–Crippen LogP) is 4.75. The van der Waals surface area contributed by atoms with Crippen LogP contribution in [0.25, 0.3) is 12.2 Å². The van der Waals surface area contributed by atoms with E-state index in [4.69, 9.17) is 14.2 Å². The van der Waals surface area contributed by atoms with Gasteiger partial charge in [-0.3, -0.25) is 0 Å². The summed E-state index contributed by atoms with van der Waals surface area (Å²) in [6.07, 6.45) is 7.14. The standard InChI is InChI=1S/C20H24O3S/c1-21-11-10-18-12-17(13-19(14-18)23-15-22-2)5-4-16-6-8-20(24-3)9-7-16/h4-9,12-14H,10-11,15H2,1-3H3/b5-4+. The van der Waals surface area contributed by atoms with Crippen LogP contribution < -0.4 is 4.74 Å². The van der Waals surface area contributed by atoms with E-state index < -0.39 is 0 Å². The van der Waals surface area contributed by atoms with Crippen molar-refractivity contribution in [3.8, 4) is 5.75 Å². The average molecular weight is 344 g/mol. The number of ether oxygens (including phenoxy) is 3. The molecular formula is C20H24O3S. The Labute approximate surface area is 148 Å². The third-order valence-corrected chi connectivity index (χ3v) is 4.25. The zero-order chi connectivity index (χ0) is 17.2. The van der Waals surface area contributed by atoms with E-state index in [2.05, 4.69) is 48.7 Å². The summed E-state index contributed by atoms with van der Waals surface area (Å²) in [6, 6.07) is 14.7. The van der Waals surface area contributed by atoms with Gasteiger partial charge in [-0.1, -0.05) is 30.4 Å². The molecule has 0 atom stereocenters. The second-order valence-electron chi connectivity index (χ2n) is 5.31. The summed E-state index contributed by atoms with van der Waals surface area (Å²) in [6.45, 7) is 0.931. The summed E-state index contributed by atoms with van der Waals surface area (Å²) >= 11 is 1.75. The van der Waals surface area contributed by atoms with Crippen LogP contribution in [0.15, 0.2) is 47.4 Å². The number of hydrogen-bond donors (Lipinski definition) is 0. The average Bonchev–Trinajstić information content (AvgIpc) is 2.63. The maximum Gasteiger partial charge on any atom is 0.188 e. The normalized spacial score (nSPS) is 11.1. The Hall–Kier alpha value is -1.75. The van der Waals surface area contributed by atoms with Crippen molar-refractivity contribution in [1.82, 2.24) is 0 Å². The van der Waals surface area contributed by atoms with Crippen LogP contribution in [0.3, 0.4) is 0 Å². The zero-order valence-electron chi connectivity index (χ0n) is 14.5. The van der Waals surface area contributed by atoms with Crippen molar-refractivity contribution < 1.29 is 14.2 Å². The molecule has 0 fully saturated rings. The lowest BCUT2D eigenvalue weighted by Gasteiger charge is -2.09. The number of rotatable bonds is 9. The summed E-state index contributed by atoms with van der Waals surface area (Å²) < 4.78 is 15.8. The first-order valence-corrected chi connectivity index (χ1v) is 9.04. The van der Waals surface area contributed by atoms with Crippen molar-refractivity contribution in [1.29, 1.82) is 0 Å². The summed E-state index contributed by atoms with van der Waals surface area (Å²) in [5, 5.41) is 0. The fraction of sp³-hybridized carbons (Fsp3) is 0.300. The minimum atomic E-state index is 0.243. The Morgan fingerprint density at radius 3 is 2.33 bits per heavy atom. The fourth-order valence-corrected chi connectivity index (χ4v) is 2.67. The monoisotopic (exact) mass is 344 g/mol. The Kier molecular flexibility index (Phi) is 7.89. The molecule has 2 aromatic carbocycles. The molecule has 0 saturated carbocycles. The molecule has 0 radical (unpaired) electrons. The molecule has 0 unspecified atom stereocenters. The number of hydrogen-bond acceptors (Lipinski definition) is 4. The van der Waals surface area contributed by atoms with Crippen molar-refractivity contribution in [3.05, 3.63) is 59.2 Å². The molecule has 128 valence electrons. The zero-order valence-corrected chi connectivity index (χ0v) is 15.3. The number of methoxy groups -OCH3 is 2. The first-order chi connectivity index (χ1) is 11.7. The molecule has 0 bridgehead atoms. The van der Waals surface area contributed by atoms with Crippen molar-refractivity contribution in [3.63, 3.8) is 0 Å². The third kappa shape index (κ3) is 6.04. The van der Waals surface area contributed by atoms with Crippen LogP contribution in [0.1, 0.15) is 16.7 Å². The van der Waals surface area contributed by atoms with E-state index in [-0.39, 0.29) is 6.79 Å². The first kappa shape index (κ1) is 18.6. The van der Waals surface area contributed by atoms with Gasteiger partial charge in [0.1, 0.15) is 5.75 Å². The Bertz CT molecular complexity index is 624. The summed E-state index contributed by atoms with van der Waals surface area (Å²) in [7, 11) is 3.33. The summed E-state index contributed by atoms with van der Waals surface area (Å²) in [5.74, 6) is 0.808. The van der Waals surface area contributed by atoms with Crippen LogP contribution in [0, 0.1) is 0 Å². The van der Waals surface area contributed by atoms with E-state index in [0.717, 1.165) is 17.7 Å². The largest absolute Gasteiger partial charge is 0.468 e. The molecule has 0 aliphatic carbocycles. The topological polar surface area (TPSA) is 27.7 Å². The van der Waals surface area contributed by atoms with Gasteiger partial charge in [-0.2, -0.15) is 0 Å². The molecule has 0 spiro atoms. The molecule has 3 nitrogen and oxygen atoms in total. The third-order valence-electron chi connectivity index (χ3n) is 3.51. The Morgan fingerprint density at radius 2 is 1.67 bits per heavy atom. The fourth-order valence-electron chi connectivity index (χ4n) is 2.26. The molecule has 24 heavy (non-hydrogen) atoms. The Morgan fingerprint density at radius 1 is 0.917 bits per heavy atom. The molecule has 0 heterocycles. The van der Waals surface area contributed by atoms with Crippen molar-refractivity contribution >= 4 is 23.9 Å². The highest BCUT2D eigenvalue weighted by Gasteiger charge is 2.01. The second kappa shape index (κ2) is 10.2. The van der Waals surface area contributed by atoms with Crippen molar-refractivity contribution in [2.24, 2.45) is 0 Å². The van der Waals surface area contributed by atoms with Gasteiger partial charge in [0.05, 0.1) is 6.61 Å². The highest BCUT2D eigenvalue weighted by atomic mass is 32.2. The maximum atomic E-state index is 5.60. The summed E-state index contributed by atoms with van der Waals surface area (Å²) in [5.41, 5.74) is 3.46. The van der Waals surface area contributed by atoms with E-state index in [9.17, 15) is 0 Å². The highest BCUT2D eigenvalue weighted by molar-refractivity contribution is 7.98. The van der Waals surface area contributed by atoms with Gasteiger partial charge in [-0.05, 0) is 53.6 Å². The molecule has 0 amide bonds. The van der Waals surface area contributed by atoms with E-state index in [0.29, 0.717) is 6.61 Å². The maximum absolute atomic E-state index is 5.60. The van der Waals surface area contributed by atoms with Gasteiger partial charge in [-0.25, -0.2) is 0 Å². The van der Waals surface area contributed by atoms with Crippen LogP contribution in [0.5, 0.6) is 5.75 Å². The van der Waals surface area contributed by atoms with Gasteiger partial charge in [0.15, 0.2) is 6.79 Å². The lowest BCUT2D eigenvalue weighted by Crippen LogP contribution is -2.01. The van der Waals surface area contributed by atoms with E-state index >= 15 is 0 Å². The van der Waals surface area contributed by atoms with Gasteiger partial charge in [0.25, 0.3) is 0 Å². The van der Waals surface area contributed by atoms with Gasteiger partial charge in [-0.15, -0.1) is 11.8 Å². The van der Waals surface area contributed by atoms with Gasteiger partial charge < -0.3 is 14.2 Å². The van der Waals surface area contributed by atoms with Crippen LogP contribution in [0.4, 0.5) is 0 Å². The smallest absolute Gasteiger partial charge is 0.188 e. The van der Waals surface area contributed by atoms with E-state index in [1.54, 1.807) is 26.0 Å². The quantitative estimate of drug-likeness (QED) is 0.373. The lowest BCUT2D eigenvalue weighted by molar-refractivity contribution is 0.0510. The molecule has 2 aromatic rings. The van der Waals surface area contributed by atoms with Crippen LogP contribution in [-0.4, -0.2) is 33.9 Å². The van der Waals surface area contributed by atoms with Gasteiger partial charge in [0, 0.05) is 19.1 Å². The molecule has 2 rings (SSSR count).